The maximum absolute atomic E-state index is 5.47. The van der Waals surface area contributed by atoms with Gasteiger partial charge in [-0.1, -0.05) is 0 Å². The van der Waals surface area contributed by atoms with Gasteiger partial charge < -0.3 is 19.5 Å². The lowest BCUT2D eigenvalue weighted by Crippen LogP contribution is -2.09. The normalized spacial score (nSPS) is 10.7. The van der Waals surface area contributed by atoms with Crippen LogP contribution in [0.25, 0.3) is 5.78 Å². The van der Waals surface area contributed by atoms with E-state index in [1.165, 1.54) is 6.33 Å². The predicted octanol–water partition coefficient (Wildman–Crippen LogP) is 2.07. The minimum Gasteiger partial charge on any atom is -0.496 e. The molecular weight excluding hydrogens is 310 g/mol. The third-order valence-corrected chi connectivity index (χ3v) is 3.64. The second-order valence-electron chi connectivity index (χ2n) is 5.12. The fraction of sp³-hybridized carbons (Fsp3) is 0.312. The molecule has 0 radical (unpaired) electrons. The van der Waals surface area contributed by atoms with Crippen molar-refractivity contribution in [1.29, 1.82) is 0 Å². The summed E-state index contributed by atoms with van der Waals surface area (Å²) in [5, 5.41) is 7.52. The summed E-state index contributed by atoms with van der Waals surface area (Å²) in [5.74, 6) is 3.37. The van der Waals surface area contributed by atoms with Crippen molar-refractivity contribution in [2.45, 2.75) is 13.5 Å². The predicted molar refractivity (Wildman–Crippen MR) is 88.9 cm³/mol. The number of hydrogen-bond donors (Lipinski definition) is 1. The van der Waals surface area contributed by atoms with Crippen molar-refractivity contribution >= 4 is 11.6 Å². The Morgan fingerprint density at radius 2 is 1.75 bits per heavy atom. The molecule has 24 heavy (non-hydrogen) atoms. The maximum atomic E-state index is 5.47. The fourth-order valence-electron chi connectivity index (χ4n) is 2.49. The number of aryl methyl sites for hydroxylation is 1. The Kier molecular flexibility index (Phi) is 4.37. The molecule has 1 aromatic carbocycles. The lowest BCUT2D eigenvalue weighted by atomic mass is 10.1. The van der Waals surface area contributed by atoms with Crippen molar-refractivity contribution in [2.24, 2.45) is 0 Å². The number of nitrogens with zero attached hydrogens (tertiary/aromatic N) is 4. The highest BCUT2D eigenvalue weighted by Crippen LogP contribution is 2.34. The van der Waals surface area contributed by atoms with E-state index in [4.69, 9.17) is 14.2 Å². The third-order valence-electron chi connectivity index (χ3n) is 3.64. The van der Waals surface area contributed by atoms with E-state index in [-0.39, 0.29) is 0 Å². The molecule has 0 aliphatic rings. The van der Waals surface area contributed by atoms with Gasteiger partial charge in [0.2, 0.25) is 0 Å². The third kappa shape index (κ3) is 2.90. The lowest BCUT2D eigenvalue weighted by molar-refractivity contribution is 0.369. The average Bonchev–Trinajstić information content (AvgIpc) is 3.07. The summed E-state index contributed by atoms with van der Waals surface area (Å²) in [6.45, 7) is 2.39. The number of nitrogens with one attached hydrogen (secondary N) is 1. The molecule has 8 heteroatoms. The van der Waals surface area contributed by atoms with Crippen LogP contribution < -0.4 is 19.5 Å². The molecule has 0 atom stereocenters. The molecule has 0 saturated carbocycles. The van der Waals surface area contributed by atoms with Gasteiger partial charge in [0.25, 0.3) is 5.78 Å². The van der Waals surface area contributed by atoms with Crippen LogP contribution >= 0.6 is 0 Å². The van der Waals surface area contributed by atoms with E-state index >= 15 is 0 Å². The molecule has 8 nitrogen and oxygen atoms in total. The lowest BCUT2D eigenvalue weighted by Gasteiger charge is -2.16. The summed E-state index contributed by atoms with van der Waals surface area (Å²) in [6, 6.07) is 5.55. The van der Waals surface area contributed by atoms with Gasteiger partial charge in [0, 0.05) is 30.4 Å². The zero-order chi connectivity index (χ0) is 17.1. The molecule has 2 aromatic heterocycles. The Morgan fingerprint density at radius 3 is 2.38 bits per heavy atom. The van der Waals surface area contributed by atoms with Gasteiger partial charge in [-0.2, -0.15) is 14.6 Å². The van der Waals surface area contributed by atoms with Crippen LogP contribution in [0.5, 0.6) is 17.2 Å². The molecule has 0 spiro atoms. The van der Waals surface area contributed by atoms with Gasteiger partial charge in [0.1, 0.15) is 29.4 Å². The van der Waals surface area contributed by atoms with Crippen molar-refractivity contribution in [3.8, 4) is 17.2 Å². The first-order chi connectivity index (χ1) is 11.7. The van der Waals surface area contributed by atoms with Crippen LogP contribution in [0.2, 0.25) is 0 Å². The van der Waals surface area contributed by atoms with Gasteiger partial charge in [-0.3, -0.25) is 0 Å². The van der Waals surface area contributed by atoms with Crippen molar-refractivity contribution in [1.82, 2.24) is 19.6 Å². The second kappa shape index (κ2) is 6.61. The Labute approximate surface area is 139 Å². The number of benzene rings is 1. The number of rotatable bonds is 6. The van der Waals surface area contributed by atoms with Crippen LogP contribution in [-0.4, -0.2) is 40.9 Å². The van der Waals surface area contributed by atoms with Gasteiger partial charge in [0.15, 0.2) is 0 Å². The summed E-state index contributed by atoms with van der Waals surface area (Å²) in [6.07, 6.45) is 1.47. The molecule has 126 valence electrons. The van der Waals surface area contributed by atoms with Gasteiger partial charge in [-0.15, -0.1) is 0 Å². The molecule has 0 fully saturated rings. The fourth-order valence-corrected chi connectivity index (χ4v) is 2.49. The van der Waals surface area contributed by atoms with Crippen LogP contribution in [0.4, 0.5) is 5.82 Å². The van der Waals surface area contributed by atoms with Crippen molar-refractivity contribution in [3.05, 3.63) is 35.8 Å². The van der Waals surface area contributed by atoms with Crippen LogP contribution in [0.3, 0.4) is 0 Å². The van der Waals surface area contributed by atoms with Crippen LogP contribution in [0, 0.1) is 6.92 Å². The zero-order valence-corrected chi connectivity index (χ0v) is 14.0. The molecule has 0 unspecified atom stereocenters. The molecule has 0 aliphatic carbocycles. The van der Waals surface area contributed by atoms with Gasteiger partial charge in [-0.25, -0.2) is 4.98 Å². The molecule has 0 saturated heterocycles. The standard InChI is InChI=1S/C16H19N5O3/c1-10-5-15(21-16(20-10)18-9-19-21)17-8-12-13(23-3)6-11(22-2)7-14(12)24-4/h5-7,9,17H,8H2,1-4H3. The zero-order valence-electron chi connectivity index (χ0n) is 14.0. The van der Waals surface area contributed by atoms with E-state index in [2.05, 4.69) is 20.4 Å². The van der Waals surface area contributed by atoms with E-state index < -0.39 is 0 Å². The number of anilines is 1. The van der Waals surface area contributed by atoms with Gasteiger partial charge >= 0.3 is 0 Å². The Balaban J connectivity index is 1.94. The Morgan fingerprint density at radius 1 is 1.04 bits per heavy atom. The summed E-state index contributed by atoms with van der Waals surface area (Å²) < 4.78 is 17.9. The molecule has 0 amide bonds. The molecule has 1 N–H and O–H groups in total. The molecule has 3 aromatic rings. The van der Waals surface area contributed by atoms with Gasteiger partial charge in [0.05, 0.1) is 26.9 Å². The summed E-state index contributed by atoms with van der Waals surface area (Å²) in [4.78, 5) is 8.45. The largest absolute Gasteiger partial charge is 0.496 e. The monoisotopic (exact) mass is 329 g/mol. The van der Waals surface area contributed by atoms with Crippen molar-refractivity contribution in [3.63, 3.8) is 0 Å². The Bertz CT molecular complexity index is 837. The van der Waals surface area contributed by atoms with E-state index in [0.29, 0.717) is 29.6 Å². The smallest absolute Gasteiger partial charge is 0.254 e. The molecule has 0 bridgehead atoms. The average molecular weight is 329 g/mol. The SMILES string of the molecule is COc1cc(OC)c(CNc2cc(C)nc3ncnn23)c(OC)c1. The van der Waals surface area contributed by atoms with Crippen LogP contribution in [0.15, 0.2) is 24.5 Å². The molecule has 2 heterocycles. The van der Waals surface area contributed by atoms with E-state index in [0.717, 1.165) is 17.1 Å². The van der Waals surface area contributed by atoms with E-state index in [1.54, 1.807) is 25.8 Å². The quantitative estimate of drug-likeness (QED) is 0.741. The maximum Gasteiger partial charge on any atom is 0.254 e. The van der Waals surface area contributed by atoms with Crippen LogP contribution in [0.1, 0.15) is 11.3 Å². The number of hydrogen-bond acceptors (Lipinski definition) is 7. The summed E-state index contributed by atoms with van der Waals surface area (Å²) in [7, 11) is 4.83. The number of ether oxygens (including phenoxy) is 3. The second-order valence-corrected chi connectivity index (χ2v) is 5.12. The molecule has 0 aliphatic heterocycles. The first-order valence-corrected chi connectivity index (χ1v) is 7.36. The molecule has 3 rings (SSSR count). The molecular formula is C16H19N5O3. The first-order valence-electron chi connectivity index (χ1n) is 7.36. The van der Waals surface area contributed by atoms with E-state index in [9.17, 15) is 0 Å². The highest BCUT2D eigenvalue weighted by molar-refractivity contribution is 5.53. The summed E-state index contributed by atoms with van der Waals surface area (Å²) in [5.41, 5.74) is 1.73. The highest BCUT2D eigenvalue weighted by atomic mass is 16.5. The number of methoxy groups -OCH3 is 3. The van der Waals surface area contributed by atoms with Crippen LogP contribution in [-0.2, 0) is 6.54 Å². The highest BCUT2D eigenvalue weighted by Gasteiger charge is 2.14. The minimum atomic E-state index is 0.481. The first kappa shape index (κ1) is 15.9. The van der Waals surface area contributed by atoms with Crippen molar-refractivity contribution in [2.75, 3.05) is 26.6 Å². The van der Waals surface area contributed by atoms with Gasteiger partial charge in [-0.05, 0) is 6.92 Å². The number of aromatic nitrogens is 4. The van der Waals surface area contributed by atoms with Crippen molar-refractivity contribution < 1.29 is 14.2 Å². The number of fused-ring (bicyclic) bond motifs is 1. The Hall–Kier alpha value is -3.03. The minimum absolute atomic E-state index is 0.481. The summed E-state index contributed by atoms with van der Waals surface area (Å²) >= 11 is 0. The topological polar surface area (TPSA) is 82.8 Å². The van der Waals surface area contributed by atoms with E-state index in [1.807, 2.05) is 25.1 Å².